The Hall–Kier alpha value is -0.830. The van der Waals surface area contributed by atoms with Gasteiger partial charge in [0.1, 0.15) is 5.15 Å². The Balaban J connectivity index is 3.38. The number of carbonyl (C=O) groups is 1. The molecule has 13 heavy (non-hydrogen) atoms. The molecular formula is C9H13ClN2O. The molecule has 0 saturated carbocycles. The van der Waals surface area contributed by atoms with Gasteiger partial charge in [-0.15, -0.1) is 0 Å². The lowest BCUT2D eigenvalue weighted by Crippen LogP contribution is -2.14. The number of aryl methyl sites for hydroxylation is 1. The fraction of sp³-hybridized carbons (Fsp3) is 0.556. The van der Waals surface area contributed by atoms with Crippen LogP contribution in [0.1, 0.15) is 36.8 Å². The summed E-state index contributed by atoms with van der Waals surface area (Å²) < 4.78 is 1.52. The summed E-state index contributed by atoms with van der Waals surface area (Å²) in [4.78, 5) is 10.8. The van der Waals surface area contributed by atoms with Crippen molar-refractivity contribution in [2.24, 2.45) is 7.05 Å². The molecule has 72 valence electrons. The van der Waals surface area contributed by atoms with Crippen LogP contribution in [0.15, 0.2) is 0 Å². The third-order valence-corrected chi connectivity index (χ3v) is 2.29. The van der Waals surface area contributed by atoms with Crippen molar-refractivity contribution in [2.45, 2.75) is 26.2 Å². The number of aldehydes is 1. The molecule has 1 rings (SSSR count). The van der Waals surface area contributed by atoms with E-state index in [0.29, 0.717) is 10.7 Å². The molecule has 0 aliphatic carbocycles. The molecule has 0 atom stereocenters. The minimum absolute atomic E-state index is 0.152. The van der Waals surface area contributed by atoms with Crippen LogP contribution >= 0.6 is 11.6 Å². The van der Waals surface area contributed by atoms with Crippen molar-refractivity contribution >= 4 is 17.9 Å². The summed E-state index contributed by atoms with van der Waals surface area (Å²) in [6, 6.07) is 0. The third kappa shape index (κ3) is 1.75. The van der Waals surface area contributed by atoms with Crippen LogP contribution in [0.25, 0.3) is 0 Å². The van der Waals surface area contributed by atoms with E-state index in [0.717, 1.165) is 12.0 Å². The molecule has 1 aromatic rings. The highest BCUT2D eigenvalue weighted by Gasteiger charge is 2.24. The number of halogens is 1. The average Bonchev–Trinajstić information content (AvgIpc) is 2.28. The van der Waals surface area contributed by atoms with Gasteiger partial charge in [0, 0.05) is 12.5 Å². The summed E-state index contributed by atoms with van der Waals surface area (Å²) in [6.45, 7) is 6.00. The monoisotopic (exact) mass is 200 g/mol. The second kappa shape index (κ2) is 3.14. The van der Waals surface area contributed by atoms with Gasteiger partial charge in [0.15, 0.2) is 6.29 Å². The topological polar surface area (TPSA) is 34.9 Å². The zero-order valence-electron chi connectivity index (χ0n) is 8.26. The van der Waals surface area contributed by atoms with E-state index in [1.165, 1.54) is 4.68 Å². The van der Waals surface area contributed by atoms with Crippen LogP contribution in [0.3, 0.4) is 0 Å². The lowest BCUT2D eigenvalue weighted by atomic mass is 9.90. The first-order valence-corrected chi connectivity index (χ1v) is 4.44. The maximum Gasteiger partial charge on any atom is 0.155 e. The summed E-state index contributed by atoms with van der Waals surface area (Å²) >= 11 is 5.89. The zero-order valence-corrected chi connectivity index (χ0v) is 9.01. The van der Waals surface area contributed by atoms with Crippen molar-refractivity contribution in [3.63, 3.8) is 0 Å². The molecule has 1 aromatic heterocycles. The molecule has 0 unspecified atom stereocenters. The van der Waals surface area contributed by atoms with Crippen molar-refractivity contribution < 1.29 is 4.79 Å². The van der Waals surface area contributed by atoms with Crippen LogP contribution in [0.2, 0.25) is 5.15 Å². The molecule has 0 bridgehead atoms. The lowest BCUT2D eigenvalue weighted by Gasteiger charge is -2.15. The standard InChI is InChI=1S/C9H13ClN2O/c1-9(2,3)7-6(5-13)8(10)12(4)11-7/h5H,1-4H3. The van der Waals surface area contributed by atoms with Gasteiger partial charge in [-0.2, -0.15) is 5.10 Å². The van der Waals surface area contributed by atoms with Gasteiger partial charge in [0.25, 0.3) is 0 Å². The van der Waals surface area contributed by atoms with E-state index in [1.54, 1.807) is 7.05 Å². The maximum absolute atomic E-state index is 10.8. The van der Waals surface area contributed by atoms with E-state index in [4.69, 9.17) is 11.6 Å². The van der Waals surface area contributed by atoms with Gasteiger partial charge in [-0.3, -0.25) is 9.48 Å². The Kier molecular flexibility index (Phi) is 2.48. The molecule has 4 heteroatoms. The molecule has 0 fully saturated rings. The molecule has 0 spiro atoms. The number of carbonyl (C=O) groups excluding carboxylic acids is 1. The molecule has 0 amide bonds. The first kappa shape index (κ1) is 10.3. The van der Waals surface area contributed by atoms with Crippen LogP contribution in [-0.4, -0.2) is 16.1 Å². The Morgan fingerprint density at radius 1 is 1.46 bits per heavy atom. The van der Waals surface area contributed by atoms with Crippen LogP contribution in [-0.2, 0) is 12.5 Å². The van der Waals surface area contributed by atoms with Gasteiger partial charge >= 0.3 is 0 Å². The number of rotatable bonds is 1. The number of hydrogen-bond donors (Lipinski definition) is 0. The highest BCUT2D eigenvalue weighted by Crippen LogP contribution is 2.27. The van der Waals surface area contributed by atoms with Crippen LogP contribution in [0.4, 0.5) is 0 Å². The Labute approximate surface area is 82.7 Å². The highest BCUT2D eigenvalue weighted by atomic mass is 35.5. The largest absolute Gasteiger partial charge is 0.298 e. The smallest absolute Gasteiger partial charge is 0.155 e. The molecule has 3 nitrogen and oxygen atoms in total. The molecule has 0 radical (unpaired) electrons. The van der Waals surface area contributed by atoms with Gasteiger partial charge in [0.05, 0.1) is 11.3 Å². The van der Waals surface area contributed by atoms with E-state index >= 15 is 0 Å². The Morgan fingerprint density at radius 3 is 2.31 bits per heavy atom. The summed E-state index contributed by atoms with van der Waals surface area (Å²) in [7, 11) is 1.73. The number of aromatic nitrogens is 2. The van der Waals surface area contributed by atoms with E-state index < -0.39 is 0 Å². The van der Waals surface area contributed by atoms with Crippen LogP contribution < -0.4 is 0 Å². The molecular weight excluding hydrogens is 188 g/mol. The fourth-order valence-electron chi connectivity index (χ4n) is 1.18. The van der Waals surface area contributed by atoms with Crippen LogP contribution in [0.5, 0.6) is 0 Å². The number of hydrogen-bond acceptors (Lipinski definition) is 2. The molecule has 0 N–H and O–H groups in total. The normalized spacial score (nSPS) is 11.8. The molecule has 0 aliphatic rings. The fourth-order valence-corrected chi connectivity index (χ4v) is 1.35. The maximum atomic E-state index is 10.8. The summed E-state index contributed by atoms with van der Waals surface area (Å²) in [5.74, 6) is 0. The summed E-state index contributed by atoms with van der Waals surface area (Å²) in [5.41, 5.74) is 1.09. The summed E-state index contributed by atoms with van der Waals surface area (Å²) in [6.07, 6.45) is 0.760. The van der Waals surface area contributed by atoms with Gasteiger partial charge < -0.3 is 0 Å². The lowest BCUT2D eigenvalue weighted by molar-refractivity contribution is 0.112. The molecule has 0 saturated heterocycles. The minimum Gasteiger partial charge on any atom is -0.298 e. The molecule has 1 heterocycles. The zero-order chi connectivity index (χ0) is 10.2. The predicted molar refractivity (Wildman–Crippen MR) is 52.3 cm³/mol. The second-order valence-electron chi connectivity index (χ2n) is 4.04. The average molecular weight is 201 g/mol. The van der Waals surface area contributed by atoms with E-state index in [2.05, 4.69) is 5.10 Å². The van der Waals surface area contributed by atoms with Gasteiger partial charge in [-0.1, -0.05) is 32.4 Å². The van der Waals surface area contributed by atoms with Crippen molar-refractivity contribution in [1.82, 2.24) is 9.78 Å². The first-order valence-electron chi connectivity index (χ1n) is 4.06. The SMILES string of the molecule is Cn1nc(C(C)(C)C)c(C=O)c1Cl. The predicted octanol–water partition coefficient (Wildman–Crippen LogP) is 2.18. The van der Waals surface area contributed by atoms with Crippen molar-refractivity contribution in [1.29, 1.82) is 0 Å². The Bertz CT molecular complexity index is 336. The van der Waals surface area contributed by atoms with Crippen molar-refractivity contribution in [2.75, 3.05) is 0 Å². The van der Waals surface area contributed by atoms with Gasteiger partial charge in [-0.05, 0) is 0 Å². The first-order chi connectivity index (χ1) is 5.88. The van der Waals surface area contributed by atoms with Gasteiger partial charge in [0.2, 0.25) is 0 Å². The van der Waals surface area contributed by atoms with Crippen molar-refractivity contribution in [3.8, 4) is 0 Å². The molecule has 0 aliphatic heterocycles. The summed E-state index contributed by atoms with van der Waals surface area (Å²) in [5, 5.41) is 4.61. The van der Waals surface area contributed by atoms with E-state index in [1.807, 2.05) is 20.8 Å². The minimum atomic E-state index is -0.152. The van der Waals surface area contributed by atoms with Crippen molar-refractivity contribution in [3.05, 3.63) is 16.4 Å². The quantitative estimate of drug-likeness (QED) is 0.652. The molecule has 0 aromatic carbocycles. The highest BCUT2D eigenvalue weighted by molar-refractivity contribution is 6.32. The second-order valence-corrected chi connectivity index (χ2v) is 4.40. The van der Waals surface area contributed by atoms with E-state index in [-0.39, 0.29) is 5.41 Å². The van der Waals surface area contributed by atoms with E-state index in [9.17, 15) is 4.79 Å². The van der Waals surface area contributed by atoms with Gasteiger partial charge in [-0.25, -0.2) is 0 Å². The van der Waals surface area contributed by atoms with Crippen LogP contribution in [0, 0.1) is 0 Å². The third-order valence-electron chi connectivity index (χ3n) is 1.84. The Morgan fingerprint density at radius 2 is 2.00 bits per heavy atom. The number of nitrogens with zero attached hydrogens (tertiary/aromatic N) is 2.